The first kappa shape index (κ1) is 11.0. The molecule has 0 saturated heterocycles. The van der Waals surface area contributed by atoms with Gasteiger partial charge < -0.3 is 5.73 Å². The van der Waals surface area contributed by atoms with Crippen molar-refractivity contribution in [1.29, 1.82) is 0 Å². The molecular weight excluding hydrogens is 170 g/mol. The van der Waals surface area contributed by atoms with E-state index in [-0.39, 0.29) is 5.41 Å². The largest absolute Gasteiger partial charge is 0.327 e. The maximum atomic E-state index is 5.74. The molecule has 0 heterocycles. The van der Waals surface area contributed by atoms with Crippen LogP contribution in [0.3, 0.4) is 0 Å². The molecular formula is C13H19N. The van der Waals surface area contributed by atoms with E-state index in [4.69, 9.17) is 5.73 Å². The lowest BCUT2D eigenvalue weighted by Gasteiger charge is -2.21. The van der Waals surface area contributed by atoms with Crippen LogP contribution in [0, 0.1) is 5.41 Å². The Bertz CT molecular complexity index is 304. The third-order valence-corrected chi connectivity index (χ3v) is 2.32. The normalized spacial score (nSPS) is 13.0. The molecule has 0 aliphatic carbocycles. The Morgan fingerprint density at radius 2 is 1.79 bits per heavy atom. The predicted octanol–water partition coefficient (Wildman–Crippen LogP) is 3.07. The second-order valence-corrected chi connectivity index (χ2v) is 4.53. The summed E-state index contributed by atoms with van der Waals surface area (Å²) in [5.74, 6) is 0. The van der Waals surface area contributed by atoms with Crippen molar-refractivity contribution in [1.82, 2.24) is 0 Å². The lowest BCUT2D eigenvalue weighted by atomic mass is 9.85. The number of rotatable bonds is 2. The number of nitrogens with two attached hydrogens (primary N) is 1. The Kier molecular flexibility index (Phi) is 3.48. The second-order valence-electron chi connectivity index (χ2n) is 4.53. The molecule has 0 aliphatic rings. The Morgan fingerprint density at radius 1 is 1.21 bits per heavy atom. The van der Waals surface area contributed by atoms with E-state index in [1.165, 1.54) is 11.1 Å². The Hall–Kier alpha value is -1.08. The minimum Gasteiger partial charge on any atom is -0.327 e. The van der Waals surface area contributed by atoms with Crippen molar-refractivity contribution in [3.05, 3.63) is 41.5 Å². The molecule has 1 rings (SSSR count). The molecule has 0 amide bonds. The summed E-state index contributed by atoms with van der Waals surface area (Å²) < 4.78 is 0. The van der Waals surface area contributed by atoms with E-state index in [1.54, 1.807) is 0 Å². The van der Waals surface area contributed by atoms with E-state index in [1.807, 2.05) is 18.2 Å². The summed E-state index contributed by atoms with van der Waals surface area (Å²) in [7, 11) is 0. The van der Waals surface area contributed by atoms with Gasteiger partial charge in [0.2, 0.25) is 0 Å². The summed E-state index contributed by atoms with van der Waals surface area (Å²) in [6.45, 7) is 7.19. The molecule has 0 fully saturated rings. The molecule has 0 unspecified atom stereocenters. The first-order valence-electron chi connectivity index (χ1n) is 5.00. The minimum absolute atomic E-state index is 0.157. The van der Waals surface area contributed by atoms with E-state index in [0.717, 1.165) is 0 Å². The van der Waals surface area contributed by atoms with Gasteiger partial charge in [-0.05, 0) is 11.0 Å². The first-order valence-corrected chi connectivity index (χ1v) is 5.00. The molecule has 1 heteroatoms. The Morgan fingerprint density at radius 3 is 2.21 bits per heavy atom. The predicted molar refractivity (Wildman–Crippen MR) is 62.9 cm³/mol. The van der Waals surface area contributed by atoms with Gasteiger partial charge in [0.1, 0.15) is 0 Å². The van der Waals surface area contributed by atoms with Crippen LogP contribution in [-0.4, -0.2) is 6.54 Å². The van der Waals surface area contributed by atoms with Crippen molar-refractivity contribution in [2.75, 3.05) is 6.54 Å². The van der Waals surface area contributed by atoms with Crippen LogP contribution in [0.25, 0.3) is 6.08 Å². The minimum atomic E-state index is 0.157. The topological polar surface area (TPSA) is 26.0 Å². The number of hydrogen-bond acceptors (Lipinski definition) is 1. The van der Waals surface area contributed by atoms with E-state index < -0.39 is 0 Å². The van der Waals surface area contributed by atoms with Gasteiger partial charge >= 0.3 is 0 Å². The number of benzene rings is 1. The average Bonchev–Trinajstić information content (AvgIpc) is 2.14. The fourth-order valence-corrected chi connectivity index (χ4v) is 1.33. The Balaban J connectivity index is 2.96. The quantitative estimate of drug-likeness (QED) is 0.760. The van der Waals surface area contributed by atoms with E-state index in [9.17, 15) is 0 Å². The third kappa shape index (κ3) is 3.00. The van der Waals surface area contributed by atoms with Gasteiger partial charge in [0, 0.05) is 6.54 Å². The molecule has 2 N–H and O–H groups in total. The van der Waals surface area contributed by atoms with Crippen LogP contribution >= 0.6 is 0 Å². The van der Waals surface area contributed by atoms with Crippen molar-refractivity contribution in [2.24, 2.45) is 11.1 Å². The smallest absolute Gasteiger partial charge is 0.0145 e. The molecule has 1 aromatic carbocycles. The Labute approximate surface area is 86.6 Å². The van der Waals surface area contributed by atoms with Gasteiger partial charge in [0.15, 0.2) is 0 Å². The summed E-state index contributed by atoms with van der Waals surface area (Å²) in [5, 5.41) is 0. The molecule has 0 aliphatic heterocycles. The molecule has 0 radical (unpaired) electrons. The molecule has 0 bridgehead atoms. The molecule has 0 saturated carbocycles. The van der Waals surface area contributed by atoms with Gasteiger partial charge in [-0.15, -0.1) is 0 Å². The van der Waals surface area contributed by atoms with Crippen LogP contribution in [0.15, 0.2) is 35.9 Å². The highest BCUT2D eigenvalue weighted by Crippen LogP contribution is 2.25. The maximum Gasteiger partial charge on any atom is 0.0145 e. The van der Waals surface area contributed by atoms with Crippen LogP contribution in [-0.2, 0) is 0 Å². The van der Waals surface area contributed by atoms with Gasteiger partial charge in [-0.3, -0.25) is 0 Å². The zero-order valence-corrected chi connectivity index (χ0v) is 9.25. The molecule has 0 atom stereocenters. The molecule has 14 heavy (non-hydrogen) atoms. The molecule has 1 aromatic rings. The van der Waals surface area contributed by atoms with Gasteiger partial charge in [-0.2, -0.15) is 0 Å². The van der Waals surface area contributed by atoms with E-state index in [0.29, 0.717) is 6.54 Å². The van der Waals surface area contributed by atoms with Crippen LogP contribution < -0.4 is 5.73 Å². The zero-order chi connectivity index (χ0) is 10.6. The van der Waals surface area contributed by atoms with Gasteiger partial charge in [0.25, 0.3) is 0 Å². The average molecular weight is 189 g/mol. The SMILES string of the molecule is CC(C)(C)/C(=C/c1ccccc1)CN. The number of hydrogen-bond donors (Lipinski definition) is 1. The lowest BCUT2D eigenvalue weighted by molar-refractivity contribution is 0.499. The monoisotopic (exact) mass is 189 g/mol. The summed E-state index contributed by atoms with van der Waals surface area (Å²) in [6.07, 6.45) is 2.18. The second kappa shape index (κ2) is 4.43. The van der Waals surface area contributed by atoms with Gasteiger partial charge in [0.05, 0.1) is 0 Å². The van der Waals surface area contributed by atoms with Gasteiger partial charge in [-0.25, -0.2) is 0 Å². The summed E-state index contributed by atoms with van der Waals surface area (Å²) in [6, 6.07) is 10.3. The van der Waals surface area contributed by atoms with E-state index >= 15 is 0 Å². The van der Waals surface area contributed by atoms with Crippen LogP contribution in [0.2, 0.25) is 0 Å². The van der Waals surface area contributed by atoms with Crippen molar-refractivity contribution < 1.29 is 0 Å². The molecule has 1 nitrogen and oxygen atoms in total. The van der Waals surface area contributed by atoms with Crippen LogP contribution in [0.1, 0.15) is 26.3 Å². The van der Waals surface area contributed by atoms with E-state index in [2.05, 4.69) is 39.0 Å². The highest BCUT2D eigenvalue weighted by atomic mass is 14.5. The van der Waals surface area contributed by atoms with Crippen LogP contribution in [0.5, 0.6) is 0 Å². The van der Waals surface area contributed by atoms with Gasteiger partial charge in [-0.1, -0.05) is 62.8 Å². The van der Waals surface area contributed by atoms with Crippen LogP contribution in [0.4, 0.5) is 0 Å². The maximum absolute atomic E-state index is 5.74. The molecule has 0 aromatic heterocycles. The molecule has 0 spiro atoms. The summed E-state index contributed by atoms with van der Waals surface area (Å²) >= 11 is 0. The van der Waals surface area contributed by atoms with Crippen molar-refractivity contribution >= 4 is 6.08 Å². The fourth-order valence-electron chi connectivity index (χ4n) is 1.33. The van der Waals surface area contributed by atoms with Crippen molar-refractivity contribution in [3.63, 3.8) is 0 Å². The fraction of sp³-hybridized carbons (Fsp3) is 0.385. The first-order chi connectivity index (χ1) is 6.54. The standard InChI is InChI=1S/C13H19N/c1-13(2,3)12(10-14)9-11-7-5-4-6-8-11/h4-9H,10,14H2,1-3H3/b12-9+. The van der Waals surface area contributed by atoms with Crippen molar-refractivity contribution in [3.8, 4) is 0 Å². The third-order valence-electron chi connectivity index (χ3n) is 2.32. The lowest BCUT2D eigenvalue weighted by Crippen LogP contribution is -2.17. The van der Waals surface area contributed by atoms with Crippen molar-refractivity contribution in [2.45, 2.75) is 20.8 Å². The zero-order valence-electron chi connectivity index (χ0n) is 9.25. The summed E-state index contributed by atoms with van der Waals surface area (Å²) in [5.41, 5.74) is 8.40. The highest BCUT2D eigenvalue weighted by molar-refractivity contribution is 5.54. The molecule has 76 valence electrons. The highest BCUT2D eigenvalue weighted by Gasteiger charge is 2.14. The summed E-state index contributed by atoms with van der Waals surface area (Å²) in [4.78, 5) is 0.